The second-order valence-corrected chi connectivity index (χ2v) is 5.19. The number of nitrogens with zero attached hydrogens (tertiary/aromatic N) is 2. The van der Waals surface area contributed by atoms with Gasteiger partial charge in [0.25, 0.3) is 0 Å². The predicted octanol–water partition coefficient (Wildman–Crippen LogP) is 3.69. The third-order valence-electron chi connectivity index (χ3n) is 3.57. The number of aryl methyl sites for hydroxylation is 1. The van der Waals surface area contributed by atoms with E-state index < -0.39 is 0 Å². The summed E-state index contributed by atoms with van der Waals surface area (Å²) in [6.45, 7) is 10.9. The number of benzene rings is 1. The number of hydrogen-bond acceptors (Lipinski definition) is 3. The van der Waals surface area contributed by atoms with Crippen LogP contribution >= 0.6 is 0 Å². The number of nitrogens with one attached hydrogen (secondary N) is 1. The maximum absolute atomic E-state index is 4.57. The van der Waals surface area contributed by atoms with Crippen molar-refractivity contribution in [2.75, 3.05) is 31.5 Å². The van der Waals surface area contributed by atoms with Gasteiger partial charge in [-0.25, -0.2) is 0 Å². The van der Waals surface area contributed by atoms with Gasteiger partial charge in [0.2, 0.25) is 0 Å². The van der Waals surface area contributed by atoms with E-state index in [-0.39, 0.29) is 0 Å². The number of para-hydroxylation sites is 1. The average Bonchev–Trinajstić information content (AvgIpc) is 2.46. The van der Waals surface area contributed by atoms with E-state index in [2.05, 4.69) is 53.3 Å². The summed E-state index contributed by atoms with van der Waals surface area (Å²) in [5.74, 6) is 0. The molecule has 0 atom stereocenters. The molecular weight excluding hydrogens is 246 g/mol. The fraction of sp³-hybridized carbons (Fsp3) is 0.471. The van der Waals surface area contributed by atoms with Gasteiger partial charge in [-0.05, 0) is 38.6 Å². The summed E-state index contributed by atoms with van der Waals surface area (Å²) >= 11 is 0. The second-order valence-electron chi connectivity index (χ2n) is 5.19. The molecule has 2 rings (SSSR count). The Kier molecular flexibility index (Phi) is 5.36. The quantitative estimate of drug-likeness (QED) is 0.832. The Balaban J connectivity index is 2.06. The van der Waals surface area contributed by atoms with Crippen molar-refractivity contribution in [2.45, 2.75) is 27.2 Å². The third-order valence-corrected chi connectivity index (χ3v) is 3.57. The molecule has 0 unspecified atom stereocenters. The number of aromatic nitrogens is 1. The first-order valence-electron chi connectivity index (χ1n) is 7.57. The largest absolute Gasteiger partial charge is 0.383 e. The monoisotopic (exact) mass is 271 g/mol. The van der Waals surface area contributed by atoms with Gasteiger partial charge in [0.1, 0.15) is 0 Å². The van der Waals surface area contributed by atoms with Crippen molar-refractivity contribution in [1.29, 1.82) is 0 Å². The average molecular weight is 271 g/mol. The van der Waals surface area contributed by atoms with Crippen LogP contribution in [0.15, 0.2) is 30.3 Å². The zero-order valence-electron chi connectivity index (χ0n) is 12.8. The predicted molar refractivity (Wildman–Crippen MR) is 87.4 cm³/mol. The highest BCUT2D eigenvalue weighted by Crippen LogP contribution is 2.22. The van der Waals surface area contributed by atoms with E-state index in [4.69, 9.17) is 0 Å². The van der Waals surface area contributed by atoms with E-state index in [0.717, 1.165) is 30.8 Å². The zero-order valence-corrected chi connectivity index (χ0v) is 12.8. The van der Waals surface area contributed by atoms with Crippen LogP contribution in [0, 0.1) is 6.92 Å². The van der Waals surface area contributed by atoms with Gasteiger partial charge in [0.05, 0.1) is 5.52 Å². The number of rotatable bonds is 7. The van der Waals surface area contributed by atoms with Gasteiger partial charge >= 0.3 is 0 Å². The summed E-state index contributed by atoms with van der Waals surface area (Å²) < 4.78 is 0. The van der Waals surface area contributed by atoms with E-state index in [9.17, 15) is 0 Å². The van der Waals surface area contributed by atoms with Crippen molar-refractivity contribution in [2.24, 2.45) is 0 Å². The molecule has 0 radical (unpaired) electrons. The molecule has 0 aliphatic carbocycles. The molecule has 1 heterocycles. The van der Waals surface area contributed by atoms with Crippen LogP contribution in [0.25, 0.3) is 10.9 Å². The third kappa shape index (κ3) is 3.70. The second kappa shape index (κ2) is 7.25. The van der Waals surface area contributed by atoms with Crippen molar-refractivity contribution in [3.63, 3.8) is 0 Å². The first-order chi connectivity index (χ1) is 9.74. The molecule has 0 amide bonds. The van der Waals surface area contributed by atoms with Crippen LogP contribution in [0.2, 0.25) is 0 Å². The summed E-state index contributed by atoms with van der Waals surface area (Å²) in [5, 5.41) is 4.78. The van der Waals surface area contributed by atoms with Gasteiger partial charge in [0.15, 0.2) is 0 Å². The van der Waals surface area contributed by atoms with Gasteiger partial charge in [-0.15, -0.1) is 0 Å². The number of fused-ring (bicyclic) bond motifs is 1. The number of pyridine rings is 1. The molecule has 0 aliphatic heterocycles. The Bertz CT molecular complexity index is 551. The molecular formula is C17H25N3. The maximum atomic E-state index is 4.57. The number of likely N-dealkylation sites (N-methyl/N-ethyl adjacent to an activating group) is 1. The first-order valence-corrected chi connectivity index (χ1v) is 7.57. The maximum Gasteiger partial charge on any atom is 0.0725 e. The summed E-state index contributed by atoms with van der Waals surface area (Å²) in [5.41, 5.74) is 3.32. The lowest BCUT2D eigenvalue weighted by atomic mass is 10.1. The van der Waals surface area contributed by atoms with Crippen molar-refractivity contribution in [1.82, 2.24) is 9.88 Å². The lowest BCUT2D eigenvalue weighted by Gasteiger charge is -2.20. The normalized spacial score (nSPS) is 11.2. The minimum Gasteiger partial charge on any atom is -0.383 e. The Morgan fingerprint density at radius 3 is 2.70 bits per heavy atom. The van der Waals surface area contributed by atoms with Crippen LogP contribution in [0.1, 0.15) is 26.0 Å². The van der Waals surface area contributed by atoms with Crippen LogP contribution in [0.3, 0.4) is 0 Å². The van der Waals surface area contributed by atoms with Crippen LogP contribution in [0.5, 0.6) is 0 Å². The molecule has 1 aromatic heterocycles. The first kappa shape index (κ1) is 14.8. The smallest absolute Gasteiger partial charge is 0.0725 e. The van der Waals surface area contributed by atoms with Crippen molar-refractivity contribution in [3.05, 3.63) is 36.0 Å². The van der Waals surface area contributed by atoms with Crippen molar-refractivity contribution < 1.29 is 0 Å². The Morgan fingerprint density at radius 2 is 1.95 bits per heavy atom. The van der Waals surface area contributed by atoms with E-state index in [1.165, 1.54) is 24.0 Å². The summed E-state index contributed by atoms with van der Waals surface area (Å²) in [6, 6.07) is 10.5. The molecule has 1 N–H and O–H groups in total. The minimum absolute atomic E-state index is 0.973. The van der Waals surface area contributed by atoms with E-state index in [0.29, 0.717) is 0 Å². The van der Waals surface area contributed by atoms with Crippen molar-refractivity contribution >= 4 is 16.6 Å². The Hall–Kier alpha value is -1.61. The van der Waals surface area contributed by atoms with E-state index >= 15 is 0 Å². The number of anilines is 1. The highest BCUT2D eigenvalue weighted by Gasteiger charge is 2.04. The SMILES string of the molecule is CCCN(CC)CCNc1cc(C)nc2ccccc12. The fourth-order valence-corrected chi connectivity index (χ4v) is 2.55. The Labute approximate surface area is 122 Å². The molecule has 3 heteroatoms. The van der Waals surface area contributed by atoms with E-state index in [1.807, 2.05) is 13.0 Å². The number of hydrogen-bond donors (Lipinski definition) is 1. The highest BCUT2D eigenvalue weighted by molar-refractivity contribution is 5.91. The van der Waals surface area contributed by atoms with Gasteiger partial charge in [-0.3, -0.25) is 4.98 Å². The van der Waals surface area contributed by atoms with Gasteiger partial charge in [-0.1, -0.05) is 32.0 Å². The van der Waals surface area contributed by atoms with Crippen LogP contribution < -0.4 is 5.32 Å². The molecule has 3 nitrogen and oxygen atoms in total. The highest BCUT2D eigenvalue weighted by atomic mass is 15.1. The van der Waals surface area contributed by atoms with E-state index in [1.54, 1.807) is 0 Å². The van der Waals surface area contributed by atoms with Crippen LogP contribution in [0.4, 0.5) is 5.69 Å². The summed E-state index contributed by atoms with van der Waals surface area (Å²) in [4.78, 5) is 7.05. The molecule has 0 spiro atoms. The van der Waals surface area contributed by atoms with Crippen LogP contribution in [-0.4, -0.2) is 36.1 Å². The van der Waals surface area contributed by atoms with Gasteiger partial charge < -0.3 is 10.2 Å². The van der Waals surface area contributed by atoms with Gasteiger partial charge in [0, 0.05) is 29.9 Å². The lowest BCUT2D eigenvalue weighted by molar-refractivity contribution is 0.300. The molecule has 108 valence electrons. The molecule has 2 aromatic rings. The standard InChI is InChI=1S/C17H25N3/c1-4-11-20(5-2)12-10-18-17-13-14(3)19-16-9-7-6-8-15(16)17/h6-9,13H,4-5,10-12H2,1-3H3,(H,18,19). The van der Waals surface area contributed by atoms with Gasteiger partial charge in [-0.2, -0.15) is 0 Å². The summed E-state index contributed by atoms with van der Waals surface area (Å²) in [7, 11) is 0. The molecule has 0 bridgehead atoms. The molecule has 0 saturated carbocycles. The molecule has 0 aliphatic rings. The Morgan fingerprint density at radius 1 is 1.15 bits per heavy atom. The summed E-state index contributed by atoms with van der Waals surface area (Å²) in [6.07, 6.45) is 1.21. The van der Waals surface area contributed by atoms with Crippen LogP contribution in [-0.2, 0) is 0 Å². The minimum atomic E-state index is 0.973. The zero-order chi connectivity index (χ0) is 14.4. The molecule has 0 saturated heterocycles. The molecule has 1 aromatic carbocycles. The lowest BCUT2D eigenvalue weighted by Crippen LogP contribution is -2.29. The van der Waals surface area contributed by atoms with Crippen molar-refractivity contribution in [3.8, 4) is 0 Å². The fourth-order valence-electron chi connectivity index (χ4n) is 2.55. The molecule has 20 heavy (non-hydrogen) atoms. The molecule has 0 fully saturated rings. The topological polar surface area (TPSA) is 28.2 Å².